The van der Waals surface area contributed by atoms with E-state index in [1.54, 1.807) is 6.07 Å². The fourth-order valence-corrected chi connectivity index (χ4v) is 1.59. The molecule has 1 aromatic rings. The Morgan fingerprint density at radius 3 is 2.81 bits per heavy atom. The molecule has 0 bridgehead atoms. The molecule has 0 aromatic heterocycles. The van der Waals surface area contributed by atoms with Gasteiger partial charge < -0.3 is 20.5 Å². The maximum absolute atomic E-state index is 11.8. The van der Waals surface area contributed by atoms with Crippen molar-refractivity contribution in [3.05, 3.63) is 33.9 Å². The Morgan fingerprint density at radius 2 is 2.24 bits per heavy atom. The predicted molar refractivity (Wildman–Crippen MR) is 76.0 cm³/mol. The number of nitrogens with one attached hydrogen (secondary N) is 1. The van der Waals surface area contributed by atoms with Crippen LogP contribution in [-0.2, 0) is 16.1 Å². The lowest BCUT2D eigenvalue weighted by atomic mass is 10.2. The number of nitrogens with two attached hydrogens (primary N) is 1. The number of nitro groups is 1. The minimum atomic E-state index is -0.867. The zero-order valence-electron chi connectivity index (χ0n) is 12.0. The van der Waals surface area contributed by atoms with Crippen LogP contribution in [0.4, 0.5) is 5.69 Å². The Kier molecular flexibility index (Phi) is 6.57. The number of benzene rings is 1. The molecule has 1 aromatic carbocycles. The van der Waals surface area contributed by atoms with Gasteiger partial charge in [0.15, 0.2) is 11.9 Å². The van der Waals surface area contributed by atoms with Crippen LogP contribution in [0.3, 0.4) is 0 Å². The number of rotatable bonds is 8. The van der Waals surface area contributed by atoms with Gasteiger partial charge in [-0.25, -0.2) is 0 Å². The molecule has 0 saturated carbocycles. The highest BCUT2D eigenvalue weighted by Crippen LogP contribution is 2.28. The summed E-state index contributed by atoms with van der Waals surface area (Å²) in [6, 6.07) is 4.33. The number of amides is 1. The molecule has 0 aliphatic heterocycles. The normalized spacial score (nSPS) is 11.8. The van der Waals surface area contributed by atoms with Gasteiger partial charge in [0, 0.05) is 26.3 Å². The molecule has 21 heavy (non-hydrogen) atoms. The SMILES string of the molecule is COCCNC(=O)C(C)Oc1cc(CN)ccc1[N+](=O)[O-]. The van der Waals surface area contributed by atoms with Crippen molar-refractivity contribution in [2.75, 3.05) is 20.3 Å². The van der Waals surface area contributed by atoms with Gasteiger partial charge in [-0.3, -0.25) is 14.9 Å². The topological polar surface area (TPSA) is 117 Å². The van der Waals surface area contributed by atoms with Gasteiger partial charge in [-0.15, -0.1) is 0 Å². The van der Waals surface area contributed by atoms with Gasteiger partial charge in [0.05, 0.1) is 11.5 Å². The largest absolute Gasteiger partial charge is 0.474 e. The molecule has 0 fully saturated rings. The number of nitrogens with zero attached hydrogens (tertiary/aromatic N) is 1. The summed E-state index contributed by atoms with van der Waals surface area (Å²) in [4.78, 5) is 22.2. The summed E-state index contributed by atoms with van der Waals surface area (Å²) in [5.41, 5.74) is 5.98. The lowest BCUT2D eigenvalue weighted by Crippen LogP contribution is -2.38. The van der Waals surface area contributed by atoms with Crippen LogP contribution in [0, 0.1) is 10.1 Å². The minimum absolute atomic E-state index is 0.0253. The second-order valence-electron chi connectivity index (χ2n) is 4.31. The quantitative estimate of drug-likeness (QED) is 0.412. The van der Waals surface area contributed by atoms with Crippen LogP contribution in [0.15, 0.2) is 18.2 Å². The average molecular weight is 297 g/mol. The fraction of sp³-hybridized carbons (Fsp3) is 0.462. The maximum atomic E-state index is 11.8. The van der Waals surface area contributed by atoms with Crippen LogP contribution in [0.5, 0.6) is 5.75 Å². The van der Waals surface area contributed by atoms with Crippen molar-refractivity contribution < 1.29 is 19.2 Å². The summed E-state index contributed by atoms with van der Waals surface area (Å²) in [6.45, 7) is 2.46. The van der Waals surface area contributed by atoms with Crippen molar-refractivity contribution in [3.63, 3.8) is 0 Å². The monoisotopic (exact) mass is 297 g/mol. The average Bonchev–Trinajstić information content (AvgIpc) is 2.46. The standard InChI is InChI=1S/C13H19N3O5/c1-9(13(17)15-5-6-20-2)21-12-7-10(8-14)3-4-11(12)16(18)19/h3-4,7,9H,5-6,8,14H2,1-2H3,(H,15,17). The molecular weight excluding hydrogens is 278 g/mol. The minimum Gasteiger partial charge on any atom is -0.474 e. The highest BCUT2D eigenvalue weighted by atomic mass is 16.6. The zero-order chi connectivity index (χ0) is 15.8. The van der Waals surface area contributed by atoms with E-state index >= 15 is 0 Å². The Balaban J connectivity index is 2.80. The smallest absolute Gasteiger partial charge is 0.310 e. The summed E-state index contributed by atoms with van der Waals surface area (Å²) in [5, 5.41) is 13.6. The Bertz CT molecular complexity index is 507. The molecule has 1 rings (SSSR count). The Morgan fingerprint density at radius 1 is 1.52 bits per heavy atom. The lowest BCUT2D eigenvalue weighted by molar-refractivity contribution is -0.386. The number of nitro benzene ring substituents is 1. The first kappa shape index (κ1) is 16.9. The number of hydrogen-bond donors (Lipinski definition) is 2. The van der Waals surface area contributed by atoms with E-state index in [0.29, 0.717) is 18.7 Å². The van der Waals surface area contributed by atoms with Crippen molar-refractivity contribution in [3.8, 4) is 5.75 Å². The molecule has 0 aliphatic carbocycles. The third-order valence-electron chi connectivity index (χ3n) is 2.74. The van der Waals surface area contributed by atoms with Crippen LogP contribution in [-0.4, -0.2) is 37.2 Å². The van der Waals surface area contributed by atoms with Gasteiger partial charge in [-0.05, 0) is 18.6 Å². The summed E-state index contributed by atoms with van der Waals surface area (Å²) in [6.07, 6.45) is -0.867. The van der Waals surface area contributed by atoms with Gasteiger partial charge >= 0.3 is 5.69 Å². The lowest BCUT2D eigenvalue weighted by Gasteiger charge is -2.15. The van der Waals surface area contributed by atoms with Crippen LogP contribution in [0.25, 0.3) is 0 Å². The van der Waals surface area contributed by atoms with Crippen molar-refractivity contribution in [1.82, 2.24) is 5.32 Å². The van der Waals surface area contributed by atoms with E-state index in [1.165, 1.54) is 26.2 Å². The number of carbonyl (C=O) groups excluding carboxylic acids is 1. The summed E-state index contributed by atoms with van der Waals surface area (Å²) in [7, 11) is 1.52. The van der Waals surface area contributed by atoms with E-state index in [9.17, 15) is 14.9 Å². The highest BCUT2D eigenvalue weighted by Gasteiger charge is 2.21. The van der Waals surface area contributed by atoms with E-state index in [4.69, 9.17) is 15.2 Å². The molecule has 0 aliphatic rings. The van der Waals surface area contributed by atoms with E-state index in [2.05, 4.69) is 5.32 Å². The molecular formula is C13H19N3O5. The molecule has 8 heteroatoms. The molecule has 1 atom stereocenters. The first-order valence-electron chi connectivity index (χ1n) is 6.40. The second kappa shape index (κ2) is 8.18. The molecule has 0 saturated heterocycles. The van der Waals surface area contributed by atoms with Gasteiger partial charge in [0.25, 0.3) is 5.91 Å². The van der Waals surface area contributed by atoms with E-state index in [-0.39, 0.29) is 23.9 Å². The molecule has 1 amide bonds. The molecule has 116 valence electrons. The van der Waals surface area contributed by atoms with Crippen LogP contribution < -0.4 is 15.8 Å². The van der Waals surface area contributed by atoms with Crippen molar-refractivity contribution in [1.29, 1.82) is 0 Å². The molecule has 0 radical (unpaired) electrons. The first-order chi connectivity index (χ1) is 9.99. The zero-order valence-corrected chi connectivity index (χ0v) is 12.0. The molecule has 0 spiro atoms. The molecule has 0 heterocycles. The van der Waals surface area contributed by atoms with Crippen molar-refractivity contribution in [2.45, 2.75) is 19.6 Å². The van der Waals surface area contributed by atoms with Crippen molar-refractivity contribution >= 4 is 11.6 Å². The fourth-order valence-electron chi connectivity index (χ4n) is 1.59. The maximum Gasteiger partial charge on any atom is 0.310 e. The number of hydrogen-bond acceptors (Lipinski definition) is 6. The first-order valence-corrected chi connectivity index (χ1v) is 6.40. The van der Waals surface area contributed by atoms with E-state index in [1.807, 2.05) is 0 Å². The Labute approximate surface area is 122 Å². The van der Waals surface area contributed by atoms with Crippen LogP contribution in [0.1, 0.15) is 12.5 Å². The second-order valence-corrected chi connectivity index (χ2v) is 4.31. The third kappa shape index (κ3) is 5.01. The van der Waals surface area contributed by atoms with Gasteiger partial charge in [0.1, 0.15) is 0 Å². The van der Waals surface area contributed by atoms with Crippen molar-refractivity contribution in [2.24, 2.45) is 5.73 Å². The van der Waals surface area contributed by atoms with Gasteiger partial charge in [0.2, 0.25) is 0 Å². The highest BCUT2D eigenvalue weighted by molar-refractivity contribution is 5.80. The summed E-state index contributed by atoms with van der Waals surface area (Å²) >= 11 is 0. The van der Waals surface area contributed by atoms with Crippen LogP contribution >= 0.6 is 0 Å². The molecule has 3 N–H and O–H groups in total. The van der Waals surface area contributed by atoms with Gasteiger partial charge in [-0.1, -0.05) is 6.07 Å². The molecule has 1 unspecified atom stereocenters. The summed E-state index contributed by atoms with van der Waals surface area (Å²) in [5.74, 6) is -0.350. The predicted octanol–water partition coefficient (Wildman–Crippen LogP) is 0.583. The number of methoxy groups -OCH3 is 1. The number of ether oxygens (including phenoxy) is 2. The van der Waals surface area contributed by atoms with Gasteiger partial charge in [-0.2, -0.15) is 0 Å². The summed E-state index contributed by atoms with van der Waals surface area (Å²) < 4.78 is 10.2. The van der Waals surface area contributed by atoms with E-state index in [0.717, 1.165) is 0 Å². The van der Waals surface area contributed by atoms with E-state index < -0.39 is 11.0 Å². The Hall–Kier alpha value is -2.19. The van der Waals surface area contributed by atoms with Crippen LogP contribution in [0.2, 0.25) is 0 Å². The number of carbonyl (C=O) groups is 1. The molecule has 8 nitrogen and oxygen atoms in total. The third-order valence-corrected chi connectivity index (χ3v) is 2.74.